The standard InChI is InChI=1S/C30H41B4ClF3N7O2S/c1-26(2)15-18(16-40-26)5-4-13-39-20-6-3-7-23(41-20)48-44-25(46)19-8-9-21(42-24(19)35)45-14-10-22(43-45)47-17-28(31,32)29(33,34)27(11-12-27)30(36,37)38/h3,6-10,14,18,40H,4-5,11-13,15-17,31-34H2,1-2H3,(H,39,41)(H,44,46). The number of nitrogens with zero attached hydrogens (tertiary/aromatic N) is 4. The SMILES string of the molecule is BC(B)(COc1ccn(-c2ccc(C(=O)NSc3cccc(NCCCC4CNC(C)(C)C4)n3)c(Cl)n2)n1)C(B)(B)C1(C(F)(F)F)CC1. The van der Waals surface area contributed by atoms with Crippen molar-refractivity contribution in [3.63, 3.8) is 0 Å². The summed E-state index contributed by atoms with van der Waals surface area (Å²) in [6.07, 6.45) is 0.984. The number of carbonyl (C=O) groups excluding carboxylic acids is 1. The van der Waals surface area contributed by atoms with Gasteiger partial charge in [-0.1, -0.05) is 28.1 Å². The molecule has 5 rings (SSSR count). The quantitative estimate of drug-likeness (QED) is 0.102. The maximum absolute atomic E-state index is 13.9. The molecule has 2 aliphatic rings. The van der Waals surface area contributed by atoms with Crippen molar-refractivity contribution >= 4 is 66.7 Å². The van der Waals surface area contributed by atoms with E-state index in [4.69, 9.17) is 16.3 Å². The molecule has 4 heterocycles. The van der Waals surface area contributed by atoms with Crippen LogP contribution in [-0.4, -0.2) is 88.5 Å². The molecule has 0 radical (unpaired) electrons. The summed E-state index contributed by atoms with van der Waals surface area (Å²) in [6, 6.07) is 10.3. The summed E-state index contributed by atoms with van der Waals surface area (Å²) in [5.41, 5.74) is -1.30. The van der Waals surface area contributed by atoms with Gasteiger partial charge in [0.05, 0.1) is 33.3 Å². The monoisotopic (exact) mass is 699 g/mol. The molecule has 1 aliphatic carbocycles. The minimum Gasteiger partial charge on any atom is -0.478 e. The molecule has 0 aromatic carbocycles. The Labute approximate surface area is 292 Å². The molecule has 3 N–H and O–H groups in total. The Kier molecular flexibility index (Phi) is 10.5. The van der Waals surface area contributed by atoms with Crippen LogP contribution in [0.3, 0.4) is 0 Å². The Hall–Kier alpha value is -2.77. The number of anilines is 1. The molecule has 3 aromatic rings. The van der Waals surface area contributed by atoms with Gasteiger partial charge in [-0.25, -0.2) is 14.6 Å². The minimum atomic E-state index is -4.27. The van der Waals surface area contributed by atoms with Gasteiger partial charge in [0.25, 0.3) is 5.91 Å². The van der Waals surface area contributed by atoms with Crippen LogP contribution in [0.15, 0.2) is 47.6 Å². The van der Waals surface area contributed by atoms with E-state index >= 15 is 0 Å². The molecule has 1 saturated carbocycles. The van der Waals surface area contributed by atoms with E-state index in [9.17, 15) is 18.0 Å². The van der Waals surface area contributed by atoms with Gasteiger partial charge in [-0.2, -0.15) is 13.2 Å². The first kappa shape index (κ1) is 36.5. The van der Waals surface area contributed by atoms with Crippen LogP contribution >= 0.6 is 23.5 Å². The second kappa shape index (κ2) is 13.9. The lowest BCUT2D eigenvalue weighted by molar-refractivity contribution is -0.193. The normalized spacial score (nSPS) is 18.8. The van der Waals surface area contributed by atoms with Crippen molar-refractivity contribution in [1.82, 2.24) is 29.8 Å². The van der Waals surface area contributed by atoms with Gasteiger partial charge in [-0.15, -0.1) is 5.10 Å². The van der Waals surface area contributed by atoms with Crippen LogP contribution in [0, 0.1) is 11.3 Å². The van der Waals surface area contributed by atoms with E-state index in [1.807, 2.05) is 18.2 Å². The number of rotatable bonds is 14. The van der Waals surface area contributed by atoms with E-state index in [-0.39, 0.29) is 41.6 Å². The predicted molar refractivity (Wildman–Crippen MR) is 195 cm³/mol. The number of carbonyl (C=O) groups is 1. The molecule has 254 valence electrons. The number of hydrogen-bond acceptors (Lipinski definition) is 8. The zero-order valence-corrected chi connectivity index (χ0v) is 29.9. The number of pyridine rings is 2. The summed E-state index contributed by atoms with van der Waals surface area (Å²) in [5.74, 6) is 1.60. The molecule has 1 atom stereocenters. The maximum Gasteiger partial charge on any atom is 0.393 e. The van der Waals surface area contributed by atoms with Crippen LogP contribution in [0.25, 0.3) is 5.82 Å². The maximum atomic E-state index is 13.9. The Bertz CT molecular complexity index is 1630. The van der Waals surface area contributed by atoms with E-state index in [1.165, 1.54) is 11.1 Å². The van der Waals surface area contributed by atoms with Gasteiger partial charge in [-0.05, 0) is 82.7 Å². The van der Waals surface area contributed by atoms with E-state index in [0.717, 1.165) is 43.7 Å². The van der Waals surface area contributed by atoms with Gasteiger partial charge in [0.2, 0.25) is 5.88 Å². The first-order valence-electron chi connectivity index (χ1n) is 16.3. The van der Waals surface area contributed by atoms with Crippen molar-refractivity contribution in [2.75, 3.05) is 25.0 Å². The highest BCUT2D eigenvalue weighted by Crippen LogP contribution is 2.73. The summed E-state index contributed by atoms with van der Waals surface area (Å²) in [5, 5.41) is 10.1. The average Bonchev–Trinajstić information content (AvgIpc) is 3.62. The molecule has 48 heavy (non-hydrogen) atoms. The summed E-state index contributed by atoms with van der Waals surface area (Å²) in [6.45, 7) is 6.42. The first-order valence-corrected chi connectivity index (χ1v) is 17.5. The van der Waals surface area contributed by atoms with Gasteiger partial charge in [0.1, 0.15) is 31.7 Å². The number of nitrogens with one attached hydrogen (secondary N) is 3. The highest BCUT2D eigenvalue weighted by Gasteiger charge is 2.72. The number of hydrogen-bond donors (Lipinski definition) is 3. The Morgan fingerprint density at radius 2 is 1.90 bits per heavy atom. The van der Waals surface area contributed by atoms with Crippen molar-refractivity contribution in [3.05, 3.63) is 53.3 Å². The van der Waals surface area contributed by atoms with E-state index in [1.54, 1.807) is 55.8 Å². The van der Waals surface area contributed by atoms with Crippen molar-refractivity contribution in [2.45, 2.75) is 73.1 Å². The van der Waals surface area contributed by atoms with Crippen LogP contribution in [-0.2, 0) is 0 Å². The van der Waals surface area contributed by atoms with Gasteiger partial charge >= 0.3 is 6.18 Å². The first-order chi connectivity index (χ1) is 22.4. The lowest BCUT2D eigenvalue weighted by Crippen LogP contribution is -2.48. The molecule has 1 amide bonds. The zero-order valence-electron chi connectivity index (χ0n) is 28.3. The molecule has 0 bridgehead atoms. The summed E-state index contributed by atoms with van der Waals surface area (Å²) in [7, 11) is 6.92. The summed E-state index contributed by atoms with van der Waals surface area (Å²) < 4.78 is 51.8. The molecular weight excluding hydrogens is 658 g/mol. The fraction of sp³-hybridized carbons (Fsp3) is 0.533. The lowest BCUT2D eigenvalue weighted by atomic mass is 9.26. The Morgan fingerprint density at radius 1 is 1.15 bits per heavy atom. The minimum absolute atomic E-state index is 0.0161. The van der Waals surface area contributed by atoms with E-state index in [0.29, 0.717) is 16.8 Å². The number of aromatic nitrogens is 4. The average molecular weight is 699 g/mol. The third-order valence-electron chi connectivity index (χ3n) is 10.4. The molecule has 3 aromatic heterocycles. The smallest absolute Gasteiger partial charge is 0.393 e. The number of ether oxygens (including phenoxy) is 1. The predicted octanol–water partition coefficient (Wildman–Crippen LogP) is 2.82. The Balaban J connectivity index is 1.11. The fourth-order valence-corrected chi connectivity index (χ4v) is 7.36. The van der Waals surface area contributed by atoms with Crippen molar-refractivity contribution in [3.8, 4) is 11.7 Å². The van der Waals surface area contributed by atoms with E-state index in [2.05, 4.69) is 44.3 Å². The second-order valence-electron chi connectivity index (χ2n) is 14.8. The molecule has 1 unspecified atom stereocenters. The molecule has 9 nitrogen and oxygen atoms in total. The highest BCUT2D eigenvalue weighted by atomic mass is 35.5. The molecule has 1 aliphatic heterocycles. The zero-order chi connectivity index (χ0) is 35.0. The van der Waals surface area contributed by atoms with Crippen LogP contribution in [0.1, 0.15) is 56.3 Å². The van der Waals surface area contributed by atoms with Crippen molar-refractivity contribution in [2.24, 2.45) is 11.3 Å². The number of alkyl halides is 3. The molecule has 18 heteroatoms. The highest BCUT2D eigenvalue weighted by molar-refractivity contribution is 7.97. The summed E-state index contributed by atoms with van der Waals surface area (Å²) >= 11 is 7.49. The van der Waals surface area contributed by atoms with Crippen LogP contribution in [0.4, 0.5) is 19.0 Å². The van der Waals surface area contributed by atoms with Crippen LogP contribution < -0.4 is 20.1 Å². The lowest BCUT2D eigenvalue weighted by Gasteiger charge is -2.48. The number of halogens is 4. The van der Waals surface area contributed by atoms with Gasteiger partial charge in [0.15, 0.2) is 5.82 Å². The van der Waals surface area contributed by atoms with E-state index < -0.39 is 27.9 Å². The second-order valence-corrected chi connectivity index (χ2v) is 16.0. The van der Waals surface area contributed by atoms with Gasteiger partial charge in [-0.3, -0.25) is 9.52 Å². The molecular formula is C30H41B4ClF3N7O2S. The van der Waals surface area contributed by atoms with Crippen molar-refractivity contribution in [1.29, 1.82) is 0 Å². The van der Waals surface area contributed by atoms with Crippen molar-refractivity contribution < 1.29 is 22.7 Å². The molecule has 0 spiro atoms. The van der Waals surface area contributed by atoms with Crippen LogP contribution in [0.2, 0.25) is 15.6 Å². The third-order valence-corrected chi connectivity index (χ3v) is 11.4. The largest absolute Gasteiger partial charge is 0.478 e. The van der Waals surface area contributed by atoms with Crippen LogP contribution in [0.5, 0.6) is 5.88 Å². The summed E-state index contributed by atoms with van der Waals surface area (Å²) in [4.78, 5) is 21.8. The topological polar surface area (TPSA) is 106 Å². The third kappa shape index (κ3) is 7.99. The van der Waals surface area contributed by atoms with Gasteiger partial charge < -0.3 is 15.4 Å². The fourth-order valence-electron chi connectivity index (χ4n) is 6.53. The number of amides is 1. The molecule has 2 fully saturated rings. The Morgan fingerprint density at radius 3 is 2.54 bits per heavy atom. The molecule has 1 saturated heterocycles. The van der Waals surface area contributed by atoms with Gasteiger partial charge in [0, 0.05) is 36.3 Å².